The molecular formula is C25H27ClN2O5S. The van der Waals surface area contributed by atoms with Crippen molar-refractivity contribution in [1.29, 1.82) is 0 Å². The maximum atomic E-state index is 13.4. The Morgan fingerprint density at radius 2 is 1.76 bits per heavy atom. The van der Waals surface area contributed by atoms with Crippen LogP contribution in [0.3, 0.4) is 0 Å². The van der Waals surface area contributed by atoms with E-state index in [0.29, 0.717) is 10.8 Å². The number of aryl methyl sites for hydroxylation is 2. The third-order valence-electron chi connectivity index (χ3n) is 5.04. The summed E-state index contributed by atoms with van der Waals surface area (Å²) in [6, 6.07) is 18.2. The van der Waals surface area contributed by atoms with E-state index < -0.39 is 22.5 Å². The Bertz CT molecular complexity index is 1250. The zero-order chi connectivity index (χ0) is 24.7. The van der Waals surface area contributed by atoms with Crippen molar-refractivity contribution < 1.29 is 22.7 Å². The molecule has 0 spiro atoms. The van der Waals surface area contributed by atoms with E-state index in [1.807, 2.05) is 32.0 Å². The average molecular weight is 503 g/mol. The molecule has 0 aliphatic heterocycles. The van der Waals surface area contributed by atoms with E-state index in [4.69, 9.17) is 21.1 Å². The van der Waals surface area contributed by atoms with E-state index in [2.05, 4.69) is 5.32 Å². The van der Waals surface area contributed by atoms with Gasteiger partial charge in [0.2, 0.25) is 5.91 Å². The van der Waals surface area contributed by atoms with Crippen LogP contribution in [0.25, 0.3) is 0 Å². The number of carbonyl (C=O) groups excluding carboxylic acids is 1. The fourth-order valence-corrected chi connectivity index (χ4v) is 4.92. The lowest BCUT2D eigenvalue weighted by atomic mass is 10.1. The lowest BCUT2D eigenvalue weighted by Gasteiger charge is -2.24. The highest BCUT2D eigenvalue weighted by molar-refractivity contribution is 7.92. The normalized spacial score (nSPS) is 11.1. The van der Waals surface area contributed by atoms with E-state index in [1.165, 1.54) is 25.3 Å². The van der Waals surface area contributed by atoms with Crippen molar-refractivity contribution in [1.82, 2.24) is 5.32 Å². The Labute approximate surface area is 205 Å². The van der Waals surface area contributed by atoms with Crippen molar-refractivity contribution in [3.63, 3.8) is 0 Å². The second kappa shape index (κ2) is 11.3. The number of hydrogen-bond donors (Lipinski definition) is 1. The minimum atomic E-state index is -4.05. The lowest BCUT2D eigenvalue weighted by Crippen LogP contribution is -2.41. The lowest BCUT2D eigenvalue weighted by molar-refractivity contribution is -0.119. The quantitative estimate of drug-likeness (QED) is 0.416. The summed E-state index contributed by atoms with van der Waals surface area (Å²) < 4.78 is 38.7. The number of hydrogen-bond acceptors (Lipinski definition) is 5. The minimum absolute atomic E-state index is 0.0271. The van der Waals surface area contributed by atoms with Gasteiger partial charge in [-0.15, -0.1) is 0 Å². The van der Waals surface area contributed by atoms with Gasteiger partial charge in [0.15, 0.2) is 0 Å². The number of halogens is 1. The van der Waals surface area contributed by atoms with Crippen LogP contribution < -0.4 is 19.1 Å². The first-order chi connectivity index (χ1) is 16.2. The van der Waals surface area contributed by atoms with E-state index >= 15 is 0 Å². The number of sulfonamides is 1. The molecule has 3 aromatic rings. The average Bonchev–Trinajstić information content (AvgIpc) is 2.81. The standard InChI is InChI=1S/C25H27ClN2O5S/c1-18-7-12-24(19(2)15-18)33-14-13-27-25(29)17-28(21-6-4-5-20(26)16-21)34(30,31)23-10-8-22(32-3)9-11-23/h4-12,15-16H,13-14,17H2,1-3H3,(H,27,29). The van der Waals surface area contributed by atoms with Gasteiger partial charge >= 0.3 is 0 Å². The molecule has 1 N–H and O–H groups in total. The summed E-state index contributed by atoms with van der Waals surface area (Å²) in [5.41, 5.74) is 2.42. The first-order valence-corrected chi connectivity index (χ1v) is 12.4. The van der Waals surface area contributed by atoms with Gasteiger partial charge in [0.1, 0.15) is 24.7 Å². The number of rotatable bonds is 10. The number of amides is 1. The molecule has 9 heteroatoms. The van der Waals surface area contributed by atoms with Crippen molar-refractivity contribution in [2.45, 2.75) is 18.7 Å². The molecule has 0 aliphatic rings. The fourth-order valence-electron chi connectivity index (χ4n) is 3.32. The summed E-state index contributed by atoms with van der Waals surface area (Å²) in [7, 11) is -2.55. The summed E-state index contributed by atoms with van der Waals surface area (Å²) in [4.78, 5) is 12.7. The highest BCUT2D eigenvalue weighted by Gasteiger charge is 2.27. The number of carbonyl (C=O) groups is 1. The molecule has 3 rings (SSSR count). The smallest absolute Gasteiger partial charge is 0.264 e. The third kappa shape index (κ3) is 6.42. The second-order valence-corrected chi connectivity index (χ2v) is 9.93. The van der Waals surface area contributed by atoms with E-state index in [0.717, 1.165) is 21.2 Å². The summed E-state index contributed by atoms with van der Waals surface area (Å²) in [5, 5.41) is 3.07. The van der Waals surface area contributed by atoms with Gasteiger partial charge in [-0.05, 0) is 67.9 Å². The Hall–Kier alpha value is -3.23. The molecule has 1 amide bonds. The zero-order valence-electron chi connectivity index (χ0n) is 19.2. The van der Waals surface area contributed by atoms with Gasteiger partial charge in [-0.1, -0.05) is 35.4 Å². The van der Waals surface area contributed by atoms with Gasteiger partial charge in [0.25, 0.3) is 10.0 Å². The molecule has 0 heterocycles. The molecule has 0 atom stereocenters. The number of nitrogens with one attached hydrogen (secondary N) is 1. The van der Waals surface area contributed by atoms with Gasteiger partial charge < -0.3 is 14.8 Å². The summed E-state index contributed by atoms with van der Waals surface area (Å²) >= 11 is 6.09. The van der Waals surface area contributed by atoms with Crippen LogP contribution >= 0.6 is 11.6 Å². The van der Waals surface area contributed by atoms with Crippen molar-refractivity contribution in [2.24, 2.45) is 0 Å². The first-order valence-electron chi connectivity index (χ1n) is 10.6. The van der Waals surface area contributed by atoms with Crippen LogP contribution in [-0.4, -0.2) is 41.1 Å². The molecule has 0 fully saturated rings. The Balaban J connectivity index is 1.71. The van der Waals surface area contributed by atoms with Crippen molar-refractivity contribution in [3.05, 3.63) is 82.9 Å². The monoisotopic (exact) mass is 502 g/mol. The molecule has 7 nitrogen and oxygen atoms in total. The molecule has 34 heavy (non-hydrogen) atoms. The van der Waals surface area contributed by atoms with E-state index in [-0.39, 0.29) is 23.7 Å². The van der Waals surface area contributed by atoms with Gasteiger partial charge in [0, 0.05) is 5.02 Å². The molecule has 3 aromatic carbocycles. The van der Waals surface area contributed by atoms with E-state index in [9.17, 15) is 13.2 Å². The maximum Gasteiger partial charge on any atom is 0.264 e. The Kier molecular flexibility index (Phi) is 8.41. The molecule has 0 aromatic heterocycles. The van der Waals surface area contributed by atoms with Crippen molar-refractivity contribution in [3.8, 4) is 11.5 Å². The van der Waals surface area contributed by atoms with Crippen LogP contribution in [0.4, 0.5) is 5.69 Å². The van der Waals surface area contributed by atoms with Crippen molar-refractivity contribution in [2.75, 3.05) is 31.1 Å². The second-order valence-electron chi connectivity index (χ2n) is 7.63. The van der Waals surface area contributed by atoms with Gasteiger partial charge in [-0.3, -0.25) is 9.10 Å². The highest BCUT2D eigenvalue weighted by Crippen LogP contribution is 2.27. The molecule has 0 unspecified atom stereocenters. The fraction of sp³-hybridized carbons (Fsp3) is 0.240. The molecule has 0 saturated heterocycles. The number of methoxy groups -OCH3 is 1. The first kappa shape index (κ1) is 25.4. The predicted molar refractivity (Wildman–Crippen MR) is 133 cm³/mol. The SMILES string of the molecule is COc1ccc(S(=O)(=O)N(CC(=O)NCCOc2ccc(C)cc2C)c2cccc(Cl)c2)cc1. The van der Waals surface area contributed by atoms with Crippen LogP contribution in [0.5, 0.6) is 11.5 Å². The van der Waals surface area contributed by atoms with Gasteiger partial charge in [-0.2, -0.15) is 0 Å². The topological polar surface area (TPSA) is 84.9 Å². The predicted octanol–water partition coefficient (Wildman–Crippen LogP) is 4.36. The number of benzene rings is 3. The highest BCUT2D eigenvalue weighted by atomic mass is 35.5. The van der Waals surface area contributed by atoms with Crippen LogP contribution in [-0.2, 0) is 14.8 Å². The molecule has 0 saturated carbocycles. The molecule has 0 aliphatic carbocycles. The van der Waals surface area contributed by atoms with Gasteiger partial charge in [0.05, 0.1) is 24.2 Å². The Morgan fingerprint density at radius 3 is 2.41 bits per heavy atom. The van der Waals surface area contributed by atoms with Crippen LogP contribution in [0.15, 0.2) is 71.6 Å². The maximum absolute atomic E-state index is 13.4. The molecular weight excluding hydrogens is 476 g/mol. The van der Waals surface area contributed by atoms with E-state index in [1.54, 1.807) is 30.3 Å². The summed E-state index contributed by atoms with van der Waals surface area (Å²) in [6.45, 7) is 4.00. The minimum Gasteiger partial charge on any atom is -0.497 e. The zero-order valence-corrected chi connectivity index (χ0v) is 20.8. The van der Waals surface area contributed by atoms with Gasteiger partial charge in [-0.25, -0.2) is 8.42 Å². The number of anilines is 1. The number of nitrogens with zero attached hydrogens (tertiary/aromatic N) is 1. The largest absolute Gasteiger partial charge is 0.497 e. The van der Waals surface area contributed by atoms with Crippen molar-refractivity contribution >= 4 is 33.2 Å². The van der Waals surface area contributed by atoms with Crippen LogP contribution in [0, 0.1) is 13.8 Å². The molecule has 0 bridgehead atoms. The van der Waals surface area contributed by atoms with Crippen LogP contribution in [0.2, 0.25) is 5.02 Å². The third-order valence-corrected chi connectivity index (χ3v) is 7.07. The van der Waals surface area contributed by atoms with Crippen LogP contribution in [0.1, 0.15) is 11.1 Å². The summed E-state index contributed by atoms with van der Waals surface area (Å²) in [5.74, 6) is 0.790. The summed E-state index contributed by atoms with van der Waals surface area (Å²) in [6.07, 6.45) is 0. The number of ether oxygens (including phenoxy) is 2. The Morgan fingerprint density at radius 1 is 1.03 bits per heavy atom. The molecule has 0 radical (unpaired) electrons. The molecule has 180 valence electrons.